The Kier molecular flexibility index (Phi) is 3.83. The van der Waals surface area contributed by atoms with Crippen molar-refractivity contribution >= 4 is 0 Å². The Bertz CT molecular complexity index is 102. The van der Waals surface area contributed by atoms with Gasteiger partial charge in [0.2, 0.25) is 0 Å². The summed E-state index contributed by atoms with van der Waals surface area (Å²) < 4.78 is 5.34. The molecule has 0 spiro atoms. The summed E-state index contributed by atoms with van der Waals surface area (Å²) in [5.41, 5.74) is 0. The van der Waals surface area contributed by atoms with Crippen molar-refractivity contribution in [3.05, 3.63) is 0 Å². The van der Waals surface area contributed by atoms with Gasteiger partial charge in [0.1, 0.15) is 0 Å². The number of ether oxygens (including phenoxy) is 1. The van der Waals surface area contributed by atoms with Crippen LogP contribution in [-0.2, 0) is 4.74 Å². The molecule has 1 rings (SSSR count). The minimum Gasteiger partial charge on any atom is -0.396 e. The van der Waals surface area contributed by atoms with Crippen LogP contribution in [0.3, 0.4) is 0 Å². The number of hydrogen-bond acceptors (Lipinski definition) is 3. The van der Waals surface area contributed by atoms with Crippen molar-refractivity contribution in [2.45, 2.75) is 6.42 Å². The van der Waals surface area contributed by atoms with Gasteiger partial charge in [-0.1, -0.05) is 0 Å². The van der Waals surface area contributed by atoms with Gasteiger partial charge in [0.05, 0.1) is 6.61 Å². The third kappa shape index (κ3) is 3.18. The number of aliphatic hydroxyl groups excluding tert-OH is 1. The van der Waals surface area contributed by atoms with E-state index in [-0.39, 0.29) is 6.61 Å². The normalized spacial score (nSPS) is 20.2. The van der Waals surface area contributed by atoms with Crippen molar-refractivity contribution < 1.29 is 9.84 Å². The maximum atomic E-state index is 8.46. The summed E-state index contributed by atoms with van der Waals surface area (Å²) >= 11 is 0. The summed E-state index contributed by atoms with van der Waals surface area (Å²) in [6.07, 6.45) is 0.766. The van der Waals surface area contributed by atoms with E-state index in [2.05, 4.69) is 11.9 Å². The quantitative estimate of drug-likeness (QED) is 0.571. The lowest BCUT2D eigenvalue weighted by Crippen LogP contribution is -2.45. The first-order valence-electron chi connectivity index (χ1n) is 4.20. The van der Waals surface area contributed by atoms with Crippen LogP contribution in [0.25, 0.3) is 0 Å². The van der Waals surface area contributed by atoms with Crippen molar-refractivity contribution in [1.29, 1.82) is 0 Å². The van der Waals surface area contributed by atoms with E-state index >= 15 is 0 Å². The molecular formula is C8H17NO2. The second-order valence-electron chi connectivity index (χ2n) is 3.24. The van der Waals surface area contributed by atoms with Crippen LogP contribution in [0.15, 0.2) is 0 Å². The van der Waals surface area contributed by atoms with Crippen LogP contribution < -0.4 is 0 Å². The molecule has 3 heteroatoms. The van der Waals surface area contributed by atoms with Gasteiger partial charge in [-0.2, -0.15) is 0 Å². The fraction of sp³-hybridized carbons (Fsp3) is 1.00. The third-order valence-electron chi connectivity index (χ3n) is 1.94. The molecule has 1 aliphatic rings. The molecule has 0 atom stereocenters. The molecule has 0 bridgehead atoms. The van der Waals surface area contributed by atoms with E-state index in [4.69, 9.17) is 9.84 Å². The van der Waals surface area contributed by atoms with E-state index in [0.29, 0.717) is 6.61 Å². The smallest absolute Gasteiger partial charge is 0.0518 e. The van der Waals surface area contributed by atoms with Crippen molar-refractivity contribution in [1.82, 2.24) is 4.90 Å². The van der Waals surface area contributed by atoms with E-state index in [9.17, 15) is 0 Å². The molecular weight excluding hydrogens is 142 g/mol. The highest BCUT2D eigenvalue weighted by Gasteiger charge is 2.22. The zero-order valence-corrected chi connectivity index (χ0v) is 7.12. The topological polar surface area (TPSA) is 32.7 Å². The lowest BCUT2D eigenvalue weighted by atomic mass is 10.0. The zero-order valence-electron chi connectivity index (χ0n) is 7.12. The highest BCUT2D eigenvalue weighted by atomic mass is 16.5. The number of hydrogen-bond donors (Lipinski definition) is 1. The first-order valence-corrected chi connectivity index (χ1v) is 4.20. The zero-order chi connectivity index (χ0) is 8.10. The Hall–Kier alpha value is -0.120. The molecule has 1 N–H and O–H groups in total. The van der Waals surface area contributed by atoms with Crippen molar-refractivity contribution in [2.24, 2.45) is 5.92 Å². The van der Waals surface area contributed by atoms with Gasteiger partial charge in [0.25, 0.3) is 0 Å². The number of rotatable bonds is 5. The van der Waals surface area contributed by atoms with Gasteiger partial charge in [0.15, 0.2) is 0 Å². The predicted molar refractivity (Wildman–Crippen MR) is 43.5 cm³/mol. The molecule has 0 aromatic heterocycles. The fourth-order valence-corrected chi connectivity index (χ4v) is 1.35. The van der Waals surface area contributed by atoms with E-state index in [1.54, 1.807) is 0 Å². The lowest BCUT2D eigenvalue weighted by Gasteiger charge is -2.35. The van der Waals surface area contributed by atoms with Gasteiger partial charge in [0, 0.05) is 32.2 Å². The summed E-state index contributed by atoms with van der Waals surface area (Å²) in [7, 11) is 2.12. The van der Waals surface area contributed by atoms with Crippen LogP contribution in [0.5, 0.6) is 0 Å². The molecule has 1 saturated heterocycles. The minimum absolute atomic E-state index is 0.241. The second kappa shape index (κ2) is 4.70. The summed E-state index contributed by atoms with van der Waals surface area (Å²) in [6.45, 7) is 4.14. The first-order chi connectivity index (χ1) is 5.33. The standard InChI is InChI=1S/C8H17NO2/c1-9-5-8(6-9)7-11-4-2-3-10/h8,10H,2-7H2,1H3. The molecule has 0 saturated carbocycles. The van der Waals surface area contributed by atoms with Gasteiger partial charge >= 0.3 is 0 Å². The van der Waals surface area contributed by atoms with Gasteiger partial charge < -0.3 is 14.7 Å². The van der Waals surface area contributed by atoms with E-state index in [1.165, 1.54) is 13.1 Å². The Morgan fingerprint density at radius 1 is 1.55 bits per heavy atom. The van der Waals surface area contributed by atoms with Crippen molar-refractivity contribution in [3.63, 3.8) is 0 Å². The van der Waals surface area contributed by atoms with Crippen molar-refractivity contribution in [3.8, 4) is 0 Å². The highest BCUT2D eigenvalue weighted by Crippen LogP contribution is 2.12. The molecule has 66 valence electrons. The molecule has 1 heterocycles. The van der Waals surface area contributed by atoms with Crippen LogP contribution >= 0.6 is 0 Å². The largest absolute Gasteiger partial charge is 0.396 e. The number of aliphatic hydroxyl groups is 1. The Balaban J connectivity index is 1.81. The minimum atomic E-state index is 0.241. The molecule has 0 aromatic rings. The predicted octanol–water partition coefficient (Wildman–Crippen LogP) is -0.0530. The molecule has 0 amide bonds. The Morgan fingerprint density at radius 2 is 2.27 bits per heavy atom. The van der Waals surface area contributed by atoms with Gasteiger partial charge in [-0.15, -0.1) is 0 Å². The molecule has 1 aliphatic heterocycles. The SMILES string of the molecule is CN1CC(COCCCO)C1. The highest BCUT2D eigenvalue weighted by molar-refractivity contribution is 4.75. The van der Waals surface area contributed by atoms with Gasteiger partial charge in [-0.25, -0.2) is 0 Å². The second-order valence-corrected chi connectivity index (χ2v) is 3.24. The van der Waals surface area contributed by atoms with Gasteiger partial charge in [-0.05, 0) is 13.5 Å². The number of likely N-dealkylation sites (tertiary alicyclic amines) is 1. The third-order valence-corrected chi connectivity index (χ3v) is 1.94. The molecule has 1 fully saturated rings. The average Bonchev–Trinajstić information content (AvgIpc) is 1.94. The summed E-state index contributed by atoms with van der Waals surface area (Å²) in [4.78, 5) is 2.28. The number of nitrogens with zero attached hydrogens (tertiary/aromatic N) is 1. The first kappa shape index (κ1) is 8.97. The van der Waals surface area contributed by atoms with Crippen LogP contribution in [0, 0.1) is 5.92 Å². The molecule has 0 radical (unpaired) electrons. The summed E-state index contributed by atoms with van der Waals surface area (Å²) in [6, 6.07) is 0. The lowest BCUT2D eigenvalue weighted by molar-refractivity contribution is 0.0233. The van der Waals surface area contributed by atoms with Crippen LogP contribution in [0.4, 0.5) is 0 Å². The monoisotopic (exact) mass is 159 g/mol. The summed E-state index contributed by atoms with van der Waals surface area (Å²) in [5, 5.41) is 8.46. The van der Waals surface area contributed by atoms with Crippen LogP contribution in [0.2, 0.25) is 0 Å². The summed E-state index contributed by atoms with van der Waals surface area (Å²) in [5.74, 6) is 0.735. The molecule has 0 aromatic carbocycles. The van der Waals surface area contributed by atoms with Crippen LogP contribution in [0.1, 0.15) is 6.42 Å². The van der Waals surface area contributed by atoms with E-state index < -0.39 is 0 Å². The average molecular weight is 159 g/mol. The van der Waals surface area contributed by atoms with Gasteiger partial charge in [-0.3, -0.25) is 0 Å². The molecule has 0 aliphatic carbocycles. The molecule has 11 heavy (non-hydrogen) atoms. The molecule has 3 nitrogen and oxygen atoms in total. The van der Waals surface area contributed by atoms with E-state index in [0.717, 1.165) is 18.9 Å². The Labute approximate surface area is 68.0 Å². The molecule has 0 unspecified atom stereocenters. The maximum absolute atomic E-state index is 8.46. The maximum Gasteiger partial charge on any atom is 0.0518 e. The van der Waals surface area contributed by atoms with E-state index in [1.807, 2.05) is 0 Å². The Morgan fingerprint density at radius 3 is 2.82 bits per heavy atom. The fourth-order valence-electron chi connectivity index (χ4n) is 1.35. The van der Waals surface area contributed by atoms with Crippen LogP contribution in [-0.4, -0.2) is 50.0 Å². The van der Waals surface area contributed by atoms with Crippen molar-refractivity contribution in [2.75, 3.05) is 40.0 Å².